The maximum Gasteiger partial charge on any atom is 0.307 e. The number of methoxy groups -OCH3 is 1. The third-order valence-electron chi connectivity index (χ3n) is 1.88. The molecule has 0 unspecified atom stereocenters. The lowest BCUT2D eigenvalue weighted by Crippen LogP contribution is -2.43. The second-order valence-electron chi connectivity index (χ2n) is 3.36. The van der Waals surface area contributed by atoms with Crippen molar-refractivity contribution in [3.8, 4) is 0 Å². The van der Waals surface area contributed by atoms with Gasteiger partial charge in [0.15, 0.2) is 0 Å². The number of hydrogen-bond acceptors (Lipinski definition) is 5. The van der Waals surface area contributed by atoms with Crippen molar-refractivity contribution in [3.63, 3.8) is 0 Å². The Hall–Kier alpha value is -0.200. The number of aliphatic hydroxyl groups excluding tert-OH is 1. The quantitative estimate of drug-likeness (QED) is 0.431. The minimum Gasteiger partial charge on any atom is -0.394 e. The van der Waals surface area contributed by atoms with E-state index in [-0.39, 0.29) is 19.8 Å². The molecule has 0 rings (SSSR count). The average Bonchev–Trinajstić information content (AvgIpc) is 2.32. The summed E-state index contributed by atoms with van der Waals surface area (Å²) in [6.07, 6.45) is 1.75. The van der Waals surface area contributed by atoms with E-state index in [1.807, 2.05) is 13.8 Å². The summed E-state index contributed by atoms with van der Waals surface area (Å²) >= 11 is 0. The third kappa shape index (κ3) is 6.40. The van der Waals surface area contributed by atoms with Gasteiger partial charge in [-0.1, -0.05) is 13.8 Å². The third-order valence-corrected chi connectivity index (χ3v) is 1.88. The predicted octanol–water partition coefficient (Wildman–Crippen LogP) is 1.15. The highest BCUT2D eigenvalue weighted by atomic mass is 16.9. The van der Waals surface area contributed by atoms with Gasteiger partial charge in [-0.3, -0.25) is 0 Å². The molecule has 0 radical (unpaired) electrons. The first-order valence-corrected chi connectivity index (χ1v) is 5.76. The van der Waals surface area contributed by atoms with Gasteiger partial charge < -0.3 is 24.1 Å². The van der Waals surface area contributed by atoms with E-state index >= 15 is 0 Å². The Morgan fingerprint density at radius 1 is 1.00 bits per heavy atom. The molecule has 16 heavy (non-hydrogen) atoms. The van der Waals surface area contributed by atoms with Crippen LogP contribution in [0.3, 0.4) is 0 Å². The summed E-state index contributed by atoms with van der Waals surface area (Å²) < 4.78 is 21.5. The van der Waals surface area contributed by atoms with Crippen molar-refractivity contribution in [1.29, 1.82) is 0 Å². The minimum atomic E-state index is -1.14. The summed E-state index contributed by atoms with van der Waals surface area (Å²) in [5, 5.41) is 8.64. The number of rotatable bonds is 11. The van der Waals surface area contributed by atoms with Crippen LogP contribution < -0.4 is 0 Å². The fourth-order valence-electron chi connectivity index (χ4n) is 1.08. The zero-order chi connectivity index (χ0) is 12.3. The van der Waals surface area contributed by atoms with E-state index in [9.17, 15) is 0 Å². The van der Waals surface area contributed by atoms with Crippen molar-refractivity contribution in [2.24, 2.45) is 0 Å². The molecule has 0 atom stereocenters. The Balaban J connectivity index is 4.16. The molecule has 0 saturated carbocycles. The van der Waals surface area contributed by atoms with E-state index in [0.717, 1.165) is 12.8 Å². The van der Waals surface area contributed by atoms with Crippen LogP contribution in [0.5, 0.6) is 0 Å². The molecule has 0 fully saturated rings. The van der Waals surface area contributed by atoms with E-state index in [1.165, 1.54) is 7.11 Å². The summed E-state index contributed by atoms with van der Waals surface area (Å²) in [5.41, 5.74) is 0. The number of hydrogen-bond donors (Lipinski definition) is 1. The van der Waals surface area contributed by atoms with Gasteiger partial charge in [-0.2, -0.15) is 0 Å². The average molecular weight is 236 g/mol. The van der Waals surface area contributed by atoms with Crippen LogP contribution in [-0.2, 0) is 18.9 Å². The molecule has 0 aromatic carbocycles. The van der Waals surface area contributed by atoms with Crippen LogP contribution in [0.1, 0.15) is 26.7 Å². The maximum atomic E-state index is 8.64. The Morgan fingerprint density at radius 2 is 1.56 bits per heavy atom. The zero-order valence-corrected chi connectivity index (χ0v) is 10.5. The maximum absolute atomic E-state index is 8.64. The van der Waals surface area contributed by atoms with Crippen LogP contribution in [0, 0.1) is 0 Å². The van der Waals surface area contributed by atoms with Crippen LogP contribution in [0.4, 0.5) is 0 Å². The van der Waals surface area contributed by atoms with Crippen molar-refractivity contribution in [2.75, 3.05) is 40.1 Å². The van der Waals surface area contributed by atoms with Crippen molar-refractivity contribution in [2.45, 2.75) is 32.7 Å². The van der Waals surface area contributed by atoms with Gasteiger partial charge in [0, 0.05) is 7.11 Å². The summed E-state index contributed by atoms with van der Waals surface area (Å²) in [7, 11) is 1.52. The standard InChI is InChI=1S/C11H24O5/c1-4-7-15-11(13-3,16-8-5-2)10-14-9-6-12/h12H,4-10H2,1-3H3. The van der Waals surface area contributed by atoms with Crippen molar-refractivity contribution >= 4 is 0 Å². The van der Waals surface area contributed by atoms with Crippen LogP contribution in [-0.4, -0.2) is 51.2 Å². The molecule has 0 spiro atoms. The first-order valence-electron chi connectivity index (χ1n) is 5.76. The van der Waals surface area contributed by atoms with Gasteiger partial charge in [0.05, 0.1) is 26.4 Å². The second-order valence-corrected chi connectivity index (χ2v) is 3.36. The van der Waals surface area contributed by atoms with Gasteiger partial charge in [0.2, 0.25) is 0 Å². The van der Waals surface area contributed by atoms with Gasteiger partial charge in [-0.05, 0) is 12.8 Å². The summed E-state index contributed by atoms with van der Waals surface area (Å²) in [4.78, 5) is 0. The fraction of sp³-hybridized carbons (Fsp3) is 1.00. The second kappa shape index (κ2) is 9.99. The van der Waals surface area contributed by atoms with Crippen LogP contribution in [0.25, 0.3) is 0 Å². The zero-order valence-electron chi connectivity index (χ0n) is 10.5. The van der Waals surface area contributed by atoms with Crippen molar-refractivity contribution < 1.29 is 24.1 Å². The largest absolute Gasteiger partial charge is 0.394 e. The molecule has 0 bridgehead atoms. The monoisotopic (exact) mass is 236 g/mol. The van der Waals surface area contributed by atoms with E-state index in [0.29, 0.717) is 13.2 Å². The molecule has 5 heteroatoms. The molecule has 0 amide bonds. The lowest BCUT2D eigenvalue weighted by molar-refractivity contribution is -0.386. The molecule has 0 aliphatic rings. The van der Waals surface area contributed by atoms with Crippen LogP contribution in [0.15, 0.2) is 0 Å². The molecule has 0 aliphatic heterocycles. The van der Waals surface area contributed by atoms with Gasteiger partial charge >= 0.3 is 5.97 Å². The van der Waals surface area contributed by atoms with Crippen LogP contribution in [0.2, 0.25) is 0 Å². The highest BCUT2D eigenvalue weighted by Crippen LogP contribution is 2.16. The molecule has 0 heterocycles. The van der Waals surface area contributed by atoms with E-state index in [2.05, 4.69) is 0 Å². The minimum absolute atomic E-state index is 0.0264. The molecule has 0 aromatic rings. The lowest BCUT2D eigenvalue weighted by Gasteiger charge is -2.31. The summed E-state index contributed by atoms with van der Waals surface area (Å²) in [6, 6.07) is 0. The SMILES string of the molecule is CCCOC(COCCO)(OC)OCCC. The molecular formula is C11H24O5. The molecular weight excluding hydrogens is 212 g/mol. The van der Waals surface area contributed by atoms with Gasteiger partial charge in [-0.15, -0.1) is 0 Å². The number of ether oxygens (including phenoxy) is 4. The topological polar surface area (TPSA) is 57.2 Å². The van der Waals surface area contributed by atoms with Crippen molar-refractivity contribution in [1.82, 2.24) is 0 Å². The van der Waals surface area contributed by atoms with E-state index < -0.39 is 5.97 Å². The Kier molecular flexibility index (Phi) is 9.86. The Bertz CT molecular complexity index is 143. The molecule has 0 aliphatic carbocycles. The molecule has 0 aromatic heterocycles. The number of aliphatic hydroxyl groups is 1. The smallest absolute Gasteiger partial charge is 0.307 e. The lowest BCUT2D eigenvalue weighted by atomic mass is 10.5. The van der Waals surface area contributed by atoms with Crippen molar-refractivity contribution in [3.05, 3.63) is 0 Å². The highest BCUT2D eigenvalue weighted by Gasteiger charge is 2.32. The first kappa shape index (κ1) is 15.8. The molecule has 98 valence electrons. The normalized spacial score (nSPS) is 12.0. The highest BCUT2D eigenvalue weighted by molar-refractivity contribution is 4.56. The van der Waals surface area contributed by atoms with Gasteiger partial charge in [0.1, 0.15) is 6.61 Å². The first-order chi connectivity index (χ1) is 7.74. The molecule has 1 N–H and O–H groups in total. The summed E-state index contributed by atoms with van der Waals surface area (Å²) in [6.45, 7) is 5.48. The Labute approximate surface area is 97.6 Å². The predicted molar refractivity (Wildman–Crippen MR) is 60.1 cm³/mol. The molecule has 0 saturated heterocycles. The van der Waals surface area contributed by atoms with Gasteiger partial charge in [0.25, 0.3) is 0 Å². The van der Waals surface area contributed by atoms with Crippen LogP contribution >= 0.6 is 0 Å². The summed E-state index contributed by atoms with van der Waals surface area (Å²) in [5.74, 6) is -1.14. The van der Waals surface area contributed by atoms with E-state index in [4.69, 9.17) is 24.1 Å². The Morgan fingerprint density at radius 3 is 1.94 bits per heavy atom. The molecule has 5 nitrogen and oxygen atoms in total. The van der Waals surface area contributed by atoms with Gasteiger partial charge in [-0.25, -0.2) is 0 Å². The van der Waals surface area contributed by atoms with E-state index in [1.54, 1.807) is 0 Å². The fourth-order valence-corrected chi connectivity index (χ4v) is 1.08.